The highest BCUT2D eigenvalue weighted by atomic mass is 16.2. The van der Waals surface area contributed by atoms with E-state index >= 15 is 0 Å². The van der Waals surface area contributed by atoms with Gasteiger partial charge in [-0.2, -0.15) is 0 Å². The van der Waals surface area contributed by atoms with E-state index in [2.05, 4.69) is 30.8 Å². The molecular formula is C18H34N4O. The second kappa shape index (κ2) is 12.0. The van der Waals surface area contributed by atoms with Crippen molar-refractivity contribution in [3.05, 3.63) is 12.7 Å². The van der Waals surface area contributed by atoms with Crippen molar-refractivity contribution in [3.8, 4) is 0 Å². The molecule has 5 nitrogen and oxygen atoms in total. The largest absolute Gasteiger partial charge is 0.357 e. The van der Waals surface area contributed by atoms with E-state index in [1.54, 1.807) is 0 Å². The number of unbranched alkanes of at least 4 members (excludes halogenated alkanes) is 3. The number of aliphatic imine (C=N–C) groups is 1. The Morgan fingerprint density at radius 2 is 2.22 bits per heavy atom. The Morgan fingerprint density at radius 3 is 2.87 bits per heavy atom. The number of rotatable bonds is 11. The predicted molar refractivity (Wildman–Crippen MR) is 97.7 cm³/mol. The lowest BCUT2D eigenvalue weighted by Gasteiger charge is -2.22. The van der Waals surface area contributed by atoms with Crippen molar-refractivity contribution in [1.29, 1.82) is 0 Å². The van der Waals surface area contributed by atoms with E-state index in [9.17, 15) is 4.79 Å². The molecule has 5 heteroatoms. The van der Waals surface area contributed by atoms with Crippen LogP contribution in [0.4, 0.5) is 0 Å². The highest BCUT2D eigenvalue weighted by molar-refractivity contribution is 5.79. The lowest BCUT2D eigenvalue weighted by molar-refractivity contribution is -0.127. The number of hydrogen-bond donors (Lipinski definition) is 1. The lowest BCUT2D eigenvalue weighted by Crippen LogP contribution is -2.39. The third-order valence-corrected chi connectivity index (χ3v) is 4.12. The molecule has 1 aliphatic heterocycles. The Bertz CT molecular complexity index is 381. The van der Waals surface area contributed by atoms with Gasteiger partial charge in [-0.1, -0.05) is 12.5 Å². The summed E-state index contributed by atoms with van der Waals surface area (Å²) >= 11 is 0. The number of amides is 1. The van der Waals surface area contributed by atoms with E-state index in [-0.39, 0.29) is 0 Å². The van der Waals surface area contributed by atoms with Gasteiger partial charge in [0.2, 0.25) is 5.91 Å². The van der Waals surface area contributed by atoms with Crippen LogP contribution in [-0.2, 0) is 4.79 Å². The van der Waals surface area contributed by atoms with E-state index in [4.69, 9.17) is 4.99 Å². The maximum atomic E-state index is 11.6. The van der Waals surface area contributed by atoms with Crippen LogP contribution in [0.15, 0.2) is 17.6 Å². The summed E-state index contributed by atoms with van der Waals surface area (Å²) in [5.74, 6) is 1.28. The van der Waals surface area contributed by atoms with Crippen LogP contribution in [-0.4, -0.2) is 61.4 Å². The Labute approximate surface area is 141 Å². The maximum absolute atomic E-state index is 11.6. The fourth-order valence-corrected chi connectivity index (χ4v) is 2.78. The van der Waals surface area contributed by atoms with Gasteiger partial charge in [0.15, 0.2) is 5.96 Å². The molecule has 1 rings (SSSR count). The van der Waals surface area contributed by atoms with Gasteiger partial charge in [-0.05, 0) is 39.0 Å². The minimum atomic E-state index is 0.303. The molecule has 0 aliphatic carbocycles. The number of allylic oxidation sites excluding steroid dienone is 1. The number of nitrogens with one attached hydrogen (secondary N) is 1. The molecule has 1 fully saturated rings. The number of guanidine groups is 1. The quantitative estimate of drug-likeness (QED) is 0.275. The van der Waals surface area contributed by atoms with Crippen LogP contribution < -0.4 is 5.32 Å². The number of carbonyl (C=O) groups excluding carboxylic acids is 1. The molecule has 1 N–H and O–H groups in total. The monoisotopic (exact) mass is 322 g/mol. The second-order valence-corrected chi connectivity index (χ2v) is 6.13. The summed E-state index contributed by atoms with van der Waals surface area (Å²) in [5, 5.41) is 3.35. The van der Waals surface area contributed by atoms with Crippen molar-refractivity contribution in [2.75, 3.05) is 39.8 Å². The molecule has 1 heterocycles. The van der Waals surface area contributed by atoms with Gasteiger partial charge in [0.05, 0.1) is 0 Å². The zero-order chi connectivity index (χ0) is 16.9. The second-order valence-electron chi connectivity index (χ2n) is 6.13. The van der Waals surface area contributed by atoms with Gasteiger partial charge in [0.25, 0.3) is 0 Å². The molecule has 0 bridgehead atoms. The van der Waals surface area contributed by atoms with Gasteiger partial charge in [0, 0.05) is 46.2 Å². The maximum Gasteiger partial charge on any atom is 0.222 e. The SMILES string of the molecule is C=CCCCCCN(C)C(=NCCCN1CCCC1=O)NCC. The summed E-state index contributed by atoms with van der Waals surface area (Å²) < 4.78 is 0. The molecule has 0 atom stereocenters. The van der Waals surface area contributed by atoms with E-state index in [0.717, 1.165) is 64.4 Å². The summed E-state index contributed by atoms with van der Waals surface area (Å²) in [5.41, 5.74) is 0. The molecule has 0 unspecified atom stereocenters. The van der Waals surface area contributed by atoms with Crippen LogP contribution in [0.2, 0.25) is 0 Å². The standard InChI is InChI=1S/C18H34N4O/c1-4-6-7-8-9-14-21(3)18(19-5-2)20-13-11-16-22-15-10-12-17(22)23/h4H,1,5-16H2,2-3H3,(H,19,20). The van der Waals surface area contributed by atoms with Crippen LogP contribution >= 0.6 is 0 Å². The van der Waals surface area contributed by atoms with E-state index in [0.29, 0.717) is 5.91 Å². The number of carbonyl (C=O) groups is 1. The number of nitrogens with zero attached hydrogens (tertiary/aromatic N) is 3. The Balaban J connectivity index is 2.27. The summed E-state index contributed by atoms with van der Waals surface area (Å²) in [6.45, 7) is 10.3. The first-order valence-corrected chi connectivity index (χ1v) is 9.07. The molecule has 0 radical (unpaired) electrons. The molecule has 0 aromatic heterocycles. The molecule has 0 aromatic carbocycles. The smallest absolute Gasteiger partial charge is 0.222 e. The van der Waals surface area contributed by atoms with E-state index in [1.165, 1.54) is 19.3 Å². The van der Waals surface area contributed by atoms with Crippen molar-refractivity contribution in [1.82, 2.24) is 15.1 Å². The van der Waals surface area contributed by atoms with Gasteiger partial charge in [-0.3, -0.25) is 9.79 Å². The Morgan fingerprint density at radius 1 is 1.39 bits per heavy atom. The van der Waals surface area contributed by atoms with Crippen LogP contribution in [0, 0.1) is 0 Å². The third kappa shape index (κ3) is 8.05. The molecule has 0 aromatic rings. The van der Waals surface area contributed by atoms with E-state index in [1.807, 2.05) is 11.0 Å². The highest BCUT2D eigenvalue weighted by Gasteiger charge is 2.18. The van der Waals surface area contributed by atoms with Crippen molar-refractivity contribution in [2.45, 2.75) is 51.9 Å². The summed E-state index contributed by atoms with van der Waals surface area (Å²) in [6, 6.07) is 0. The summed E-state index contributed by atoms with van der Waals surface area (Å²) in [6.07, 6.45) is 9.39. The van der Waals surface area contributed by atoms with Crippen molar-refractivity contribution in [2.24, 2.45) is 4.99 Å². The van der Waals surface area contributed by atoms with Crippen LogP contribution in [0.25, 0.3) is 0 Å². The molecule has 0 saturated carbocycles. The molecule has 1 saturated heterocycles. The first-order valence-electron chi connectivity index (χ1n) is 9.07. The average molecular weight is 322 g/mol. The van der Waals surface area contributed by atoms with Crippen LogP contribution in [0.1, 0.15) is 51.9 Å². The molecular weight excluding hydrogens is 288 g/mol. The normalized spacial score (nSPS) is 15.1. The summed E-state index contributed by atoms with van der Waals surface area (Å²) in [4.78, 5) is 20.4. The molecule has 0 spiro atoms. The Kier molecular flexibility index (Phi) is 10.2. The topological polar surface area (TPSA) is 47.9 Å². The van der Waals surface area contributed by atoms with Crippen molar-refractivity contribution >= 4 is 11.9 Å². The van der Waals surface area contributed by atoms with Crippen molar-refractivity contribution in [3.63, 3.8) is 0 Å². The first-order chi connectivity index (χ1) is 11.2. The molecule has 23 heavy (non-hydrogen) atoms. The predicted octanol–water partition coefficient (Wildman–Crippen LogP) is 2.64. The lowest BCUT2D eigenvalue weighted by atomic mass is 10.2. The minimum absolute atomic E-state index is 0.303. The Hall–Kier alpha value is -1.52. The number of hydrogen-bond acceptors (Lipinski definition) is 2. The van der Waals surface area contributed by atoms with Crippen molar-refractivity contribution < 1.29 is 4.79 Å². The summed E-state index contributed by atoms with van der Waals surface area (Å²) in [7, 11) is 2.10. The van der Waals surface area contributed by atoms with Gasteiger partial charge in [-0.25, -0.2) is 0 Å². The third-order valence-electron chi connectivity index (χ3n) is 4.12. The fraction of sp³-hybridized carbons (Fsp3) is 0.778. The zero-order valence-corrected chi connectivity index (χ0v) is 15.0. The fourth-order valence-electron chi connectivity index (χ4n) is 2.78. The van der Waals surface area contributed by atoms with Crippen LogP contribution in [0.5, 0.6) is 0 Å². The van der Waals surface area contributed by atoms with Gasteiger partial charge in [-0.15, -0.1) is 6.58 Å². The molecule has 132 valence electrons. The molecule has 1 amide bonds. The zero-order valence-electron chi connectivity index (χ0n) is 15.0. The molecule has 1 aliphatic rings. The van der Waals surface area contributed by atoms with Gasteiger partial charge in [0.1, 0.15) is 0 Å². The highest BCUT2D eigenvalue weighted by Crippen LogP contribution is 2.09. The van der Waals surface area contributed by atoms with E-state index < -0.39 is 0 Å². The average Bonchev–Trinajstić information content (AvgIpc) is 2.95. The minimum Gasteiger partial charge on any atom is -0.357 e. The van der Waals surface area contributed by atoms with Gasteiger partial charge < -0.3 is 15.1 Å². The number of likely N-dealkylation sites (tertiary alicyclic amines) is 1. The van der Waals surface area contributed by atoms with Gasteiger partial charge >= 0.3 is 0 Å². The first kappa shape index (κ1) is 19.5. The van der Waals surface area contributed by atoms with Crippen LogP contribution in [0.3, 0.4) is 0 Å².